The van der Waals surface area contributed by atoms with E-state index in [2.05, 4.69) is 20.9 Å². The molecule has 9 N–H and O–H groups in total. The van der Waals surface area contributed by atoms with Crippen LogP contribution in [0.3, 0.4) is 0 Å². The number of ether oxygens (including phenoxy) is 3. The van der Waals surface area contributed by atoms with Gasteiger partial charge < -0.3 is 56.3 Å². The summed E-state index contributed by atoms with van der Waals surface area (Å²) in [7, 11) is 0. The number of nitrogens with one attached hydrogen (secondary N) is 3. The quantitative estimate of drug-likeness (QED) is 0.0434. The Bertz CT molecular complexity index is 2170. The molecule has 2 heterocycles. The molecule has 3 atom stereocenters. The van der Waals surface area contributed by atoms with Crippen LogP contribution < -0.4 is 47.1 Å². The maximum atomic E-state index is 13.8. The third-order valence-corrected chi connectivity index (χ3v) is 8.89. The number of phenols is 1. The number of rotatable bonds is 18. The maximum absolute atomic E-state index is 13.8. The molecule has 0 spiro atoms. The number of nitrogens with zero attached hydrogens (tertiary/aromatic N) is 1. The molecule has 1 aliphatic heterocycles. The molecule has 0 bridgehead atoms. The Morgan fingerprint density at radius 1 is 0.895 bits per heavy atom. The minimum atomic E-state index is -1.26. The van der Waals surface area contributed by atoms with E-state index < -0.39 is 59.6 Å². The van der Waals surface area contributed by atoms with E-state index in [1.807, 2.05) is 13.8 Å². The monoisotopic (exact) mass is 786 g/mol. The van der Waals surface area contributed by atoms with E-state index in [1.165, 1.54) is 18.4 Å². The van der Waals surface area contributed by atoms with Crippen LogP contribution >= 0.6 is 0 Å². The molecule has 57 heavy (non-hydrogen) atoms. The smallest absolute Gasteiger partial charge is 0.326 e. The number of phenolic OH excluding ortho intramolecular Hbond substituents is 1. The fourth-order valence-electron chi connectivity index (χ4n) is 6.15. The molecular formula is C40H46N6O11. The number of amides is 3. The molecule has 0 unspecified atom stereocenters. The minimum Gasteiger partial charge on any atom is -0.507 e. The van der Waals surface area contributed by atoms with Crippen LogP contribution in [0.5, 0.6) is 23.0 Å². The number of carbonyl (C=O) groups excluding carboxylic acids is 3. The summed E-state index contributed by atoms with van der Waals surface area (Å²) in [6.45, 7) is 4.03. The first-order valence-electron chi connectivity index (χ1n) is 18.3. The molecular weight excluding hydrogens is 740 g/mol. The maximum Gasteiger partial charge on any atom is 0.326 e. The zero-order chi connectivity index (χ0) is 41.1. The average molecular weight is 787 g/mol. The average Bonchev–Trinajstić information content (AvgIpc) is 3.17. The molecule has 0 saturated carbocycles. The van der Waals surface area contributed by atoms with E-state index in [0.29, 0.717) is 35.8 Å². The zero-order valence-electron chi connectivity index (χ0n) is 31.5. The summed E-state index contributed by atoms with van der Waals surface area (Å²) >= 11 is 0. The number of aromatic hydroxyl groups is 1. The molecule has 17 nitrogen and oxygen atoms in total. The number of nitrogens with two attached hydrogens (primary N) is 2. The van der Waals surface area contributed by atoms with Crippen molar-refractivity contribution in [1.29, 1.82) is 0 Å². The second-order valence-corrected chi connectivity index (χ2v) is 13.8. The first-order valence-corrected chi connectivity index (χ1v) is 18.3. The highest BCUT2D eigenvalue weighted by atomic mass is 16.6. The summed E-state index contributed by atoms with van der Waals surface area (Å²) in [4.78, 5) is 69.7. The zero-order valence-corrected chi connectivity index (χ0v) is 31.5. The first-order chi connectivity index (χ1) is 27.3. The predicted molar refractivity (Wildman–Crippen MR) is 209 cm³/mol. The van der Waals surface area contributed by atoms with Crippen molar-refractivity contribution in [2.45, 2.75) is 57.7 Å². The molecule has 3 aromatic carbocycles. The van der Waals surface area contributed by atoms with Crippen molar-refractivity contribution in [2.24, 2.45) is 22.4 Å². The van der Waals surface area contributed by atoms with E-state index >= 15 is 0 Å². The Hall–Kier alpha value is -6.78. The van der Waals surface area contributed by atoms with Gasteiger partial charge in [-0.2, -0.15) is 0 Å². The van der Waals surface area contributed by atoms with Gasteiger partial charge in [-0.05, 0) is 48.4 Å². The molecule has 4 aromatic rings. The number of aliphatic carboxylic acids is 1. The predicted octanol–water partition coefficient (Wildman–Crippen LogP) is 2.20. The van der Waals surface area contributed by atoms with Crippen LogP contribution in [0, 0.1) is 5.92 Å². The number of hydrogen-bond donors (Lipinski definition) is 7. The molecule has 1 aliphatic rings. The fourth-order valence-corrected chi connectivity index (χ4v) is 6.15. The minimum absolute atomic E-state index is 0.00593. The Kier molecular flexibility index (Phi) is 13.9. The van der Waals surface area contributed by atoms with E-state index in [1.54, 1.807) is 48.5 Å². The highest BCUT2D eigenvalue weighted by Gasteiger charge is 2.30. The summed E-state index contributed by atoms with van der Waals surface area (Å²) in [5, 5.41) is 28.4. The third kappa shape index (κ3) is 11.4. The lowest BCUT2D eigenvalue weighted by atomic mass is 10.0. The van der Waals surface area contributed by atoms with Crippen molar-refractivity contribution in [3.05, 3.63) is 82.7 Å². The number of benzene rings is 3. The van der Waals surface area contributed by atoms with Crippen molar-refractivity contribution >= 4 is 40.6 Å². The van der Waals surface area contributed by atoms with Crippen LogP contribution in [0.1, 0.15) is 38.7 Å². The van der Waals surface area contributed by atoms with Gasteiger partial charge in [-0.3, -0.25) is 24.2 Å². The van der Waals surface area contributed by atoms with Gasteiger partial charge in [0.15, 0.2) is 24.1 Å². The van der Waals surface area contributed by atoms with Gasteiger partial charge in [-0.15, -0.1) is 0 Å². The van der Waals surface area contributed by atoms with Crippen molar-refractivity contribution in [1.82, 2.24) is 16.0 Å². The Balaban J connectivity index is 1.27. The van der Waals surface area contributed by atoms with Crippen LogP contribution in [0.15, 0.2) is 81.1 Å². The van der Waals surface area contributed by atoms with Gasteiger partial charge >= 0.3 is 5.97 Å². The van der Waals surface area contributed by atoms with Gasteiger partial charge in [0, 0.05) is 25.1 Å². The number of fused-ring (bicyclic) bond motifs is 2. The largest absolute Gasteiger partial charge is 0.507 e. The molecule has 0 fully saturated rings. The van der Waals surface area contributed by atoms with Crippen molar-refractivity contribution in [3.63, 3.8) is 0 Å². The van der Waals surface area contributed by atoms with Gasteiger partial charge in [0.2, 0.25) is 17.2 Å². The van der Waals surface area contributed by atoms with Crippen LogP contribution in [-0.4, -0.2) is 84.4 Å². The summed E-state index contributed by atoms with van der Waals surface area (Å²) in [6.07, 6.45) is 1.79. The van der Waals surface area contributed by atoms with E-state index in [4.69, 9.17) is 30.1 Å². The SMILES string of the molecule is CC(C)C[C@@H](NC(=O)[C@H](Cc1ccccc1)NC(=O)COc1cc(O)c2c(=O)c(-c3ccc4c(c3)OCCO4)coc2c1)C(=O)N[C@@H](CCCN=C(N)N)C(=O)O. The normalized spacial score (nSPS) is 13.5. The topological polar surface area (TPSA) is 267 Å². The second-order valence-electron chi connectivity index (χ2n) is 13.8. The number of aliphatic imine (C=N–C) groups is 1. The van der Waals surface area contributed by atoms with Crippen molar-refractivity contribution in [2.75, 3.05) is 26.4 Å². The highest BCUT2D eigenvalue weighted by molar-refractivity contribution is 5.94. The van der Waals surface area contributed by atoms with Crippen LogP contribution in [-0.2, 0) is 25.6 Å². The summed E-state index contributed by atoms with van der Waals surface area (Å²) < 4.78 is 22.6. The Morgan fingerprint density at radius 2 is 1.60 bits per heavy atom. The number of guanidine groups is 1. The standard InChI is InChI=1S/C40H46N6O11/c1-22(2)15-28(37(50)45-27(39(52)53)9-6-12-43-40(41)42)46-38(51)29(16-23-7-4-3-5-8-23)44-34(48)21-56-25-18-30(47)35-33(19-25)57-20-26(36(35)49)24-10-11-31-32(17-24)55-14-13-54-31/h3-5,7-8,10-11,17-20,22,27-29,47H,6,9,12-16,21H2,1-2H3,(H,44,48)(H,45,50)(H,46,51)(H,52,53)(H4,41,42,43)/t27-,28+,29-/m0/s1. The number of hydrogen-bond acceptors (Lipinski definition) is 11. The Morgan fingerprint density at radius 3 is 2.30 bits per heavy atom. The lowest BCUT2D eigenvalue weighted by Gasteiger charge is -2.25. The molecule has 0 saturated heterocycles. The van der Waals surface area contributed by atoms with E-state index in [9.17, 15) is 34.2 Å². The summed E-state index contributed by atoms with van der Waals surface area (Å²) in [5.41, 5.74) is 11.6. The third-order valence-electron chi connectivity index (χ3n) is 8.89. The number of carboxylic acid groups (broad SMARTS) is 1. The molecule has 1 aromatic heterocycles. The number of carbonyl (C=O) groups is 4. The van der Waals surface area contributed by atoms with E-state index in [0.717, 1.165) is 0 Å². The number of carboxylic acids is 1. The van der Waals surface area contributed by atoms with Crippen LogP contribution in [0.4, 0.5) is 0 Å². The Labute approximate surface area is 327 Å². The lowest BCUT2D eigenvalue weighted by Crippen LogP contribution is -2.56. The van der Waals surface area contributed by atoms with Crippen molar-refractivity contribution in [3.8, 4) is 34.1 Å². The van der Waals surface area contributed by atoms with Crippen LogP contribution in [0.2, 0.25) is 0 Å². The molecule has 17 heteroatoms. The van der Waals surface area contributed by atoms with E-state index in [-0.39, 0.29) is 66.4 Å². The first kappa shape index (κ1) is 41.4. The molecule has 0 radical (unpaired) electrons. The van der Waals surface area contributed by atoms with Gasteiger partial charge in [-0.1, -0.05) is 50.2 Å². The van der Waals surface area contributed by atoms with Gasteiger partial charge in [0.05, 0.1) is 5.56 Å². The molecule has 0 aliphatic carbocycles. The van der Waals surface area contributed by atoms with Crippen LogP contribution in [0.25, 0.3) is 22.1 Å². The van der Waals surface area contributed by atoms with Gasteiger partial charge in [0.1, 0.15) is 60.1 Å². The van der Waals surface area contributed by atoms with Gasteiger partial charge in [0.25, 0.3) is 5.91 Å². The molecule has 302 valence electrons. The fraction of sp³-hybridized carbons (Fsp3) is 0.350. The highest BCUT2D eigenvalue weighted by Crippen LogP contribution is 2.35. The second kappa shape index (κ2) is 19.2. The molecule has 3 amide bonds. The molecule has 5 rings (SSSR count). The summed E-state index contributed by atoms with van der Waals surface area (Å²) in [5.74, 6) is -2.99. The summed E-state index contributed by atoms with van der Waals surface area (Å²) in [6, 6.07) is 12.8. The van der Waals surface area contributed by atoms with Crippen molar-refractivity contribution < 1.29 is 48.0 Å². The van der Waals surface area contributed by atoms with Gasteiger partial charge in [-0.25, -0.2) is 4.79 Å². The lowest BCUT2D eigenvalue weighted by molar-refractivity contribution is -0.142.